The van der Waals surface area contributed by atoms with Crippen LogP contribution in [0.2, 0.25) is 0 Å². The molecule has 15 nitrogen and oxygen atoms in total. The lowest BCUT2D eigenvalue weighted by Gasteiger charge is -2.35. The van der Waals surface area contributed by atoms with Crippen molar-refractivity contribution in [3.63, 3.8) is 0 Å². The van der Waals surface area contributed by atoms with Crippen LogP contribution in [0.4, 0.5) is 9.59 Å². The van der Waals surface area contributed by atoms with Crippen LogP contribution in [-0.4, -0.2) is 103 Å². The number of nitrogens with zero attached hydrogens (tertiary/aromatic N) is 4. The van der Waals surface area contributed by atoms with Gasteiger partial charge in [0.15, 0.2) is 0 Å². The zero-order valence-electron chi connectivity index (χ0n) is 35.0. The smallest absolute Gasteiger partial charge is 0.407 e. The van der Waals surface area contributed by atoms with Crippen LogP contribution in [0.3, 0.4) is 0 Å². The molecule has 3 saturated heterocycles. The van der Waals surface area contributed by atoms with Crippen LogP contribution in [0.15, 0.2) is 73.1 Å². The SMILES string of the molecule is COC(=O)N[C@H](C(=O)N1[C@@H]2C[C@@H]2C[C@H]1c1nc(-c2ccc(-c3ccc4cc(-c5c[nH]c([C@@H]6C[C@H]7C[C@H]7N6C(=O)[C@@H](NC(=O)O)C6CCOCC6)n5)ccc4c3)cc2)c[nH]1)C(C)C. The monoisotopic (exact) mass is 840 g/mol. The predicted molar refractivity (Wildman–Crippen MR) is 229 cm³/mol. The van der Waals surface area contributed by atoms with E-state index in [4.69, 9.17) is 19.4 Å². The van der Waals surface area contributed by atoms with Gasteiger partial charge in [-0.15, -0.1) is 0 Å². The van der Waals surface area contributed by atoms with E-state index in [9.17, 15) is 24.3 Å². The highest BCUT2D eigenvalue weighted by atomic mass is 16.5. The highest BCUT2D eigenvalue weighted by molar-refractivity contribution is 5.91. The number of hydrogen-bond acceptors (Lipinski definition) is 8. The summed E-state index contributed by atoms with van der Waals surface area (Å²) in [5, 5.41) is 17.1. The first-order valence-electron chi connectivity index (χ1n) is 21.9. The van der Waals surface area contributed by atoms with Gasteiger partial charge in [-0.2, -0.15) is 0 Å². The second-order valence-electron chi connectivity index (χ2n) is 18.1. The summed E-state index contributed by atoms with van der Waals surface area (Å²) in [7, 11) is 1.30. The molecular weight excluding hydrogens is 789 g/mol. The molecule has 10 rings (SSSR count). The Labute approximate surface area is 359 Å². The Morgan fingerprint density at radius 2 is 1.26 bits per heavy atom. The van der Waals surface area contributed by atoms with Crippen molar-refractivity contribution in [2.75, 3.05) is 20.3 Å². The van der Waals surface area contributed by atoms with Gasteiger partial charge in [0, 0.05) is 48.8 Å². The summed E-state index contributed by atoms with van der Waals surface area (Å²) in [5.41, 5.74) is 5.68. The maximum absolute atomic E-state index is 14.1. The van der Waals surface area contributed by atoms with Crippen LogP contribution in [0, 0.1) is 23.7 Å². The fourth-order valence-electron chi connectivity index (χ4n) is 10.3. The second kappa shape index (κ2) is 15.9. The number of carboxylic acid groups (broad SMARTS) is 1. The first kappa shape index (κ1) is 39.9. The van der Waals surface area contributed by atoms with Gasteiger partial charge >= 0.3 is 12.2 Å². The van der Waals surface area contributed by atoms with E-state index in [0.29, 0.717) is 37.9 Å². The summed E-state index contributed by atoms with van der Waals surface area (Å²) in [6, 6.07) is 19.4. The molecule has 5 heterocycles. The van der Waals surface area contributed by atoms with E-state index in [1.807, 2.05) is 36.0 Å². The summed E-state index contributed by atoms with van der Waals surface area (Å²) in [6.07, 6.45) is 6.84. The van der Waals surface area contributed by atoms with Crippen LogP contribution in [0.5, 0.6) is 0 Å². The molecule has 2 saturated carbocycles. The third-order valence-corrected chi connectivity index (χ3v) is 13.9. The molecule has 0 bridgehead atoms. The Kier molecular flexibility index (Phi) is 10.2. The average Bonchev–Trinajstić information content (AvgIpc) is 3.87. The summed E-state index contributed by atoms with van der Waals surface area (Å²) < 4.78 is 10.3. The number of hydrogen-bond donors (Lipinski definition) is 5. The minimum atomic E-state index is -1.19. The normalized spacial score (nSPS) is 25.0. The van der Waals surface area contributed by atoms with Gasteiger partial charge in [0.25, 0.3) is 0 Å². The van der Waals surface area contributed by atoms with Gasteiger partial charge in [-0.25, -0.2) is 19.6 Å². The molecule has 15 heteroatoms. The largest absolute Gasteiger partial charge is 0.465 e. The van der Waals surface area contributed by atoms with Gasteiger partial charge in [-0.05, 0) is 96.2 Å². The van der Waals surface area contributed by atoms with Crippen LogP contribution >= 0.6 is 0 Å². The number of piperidine rings is 2. The molecule has 2 aromatic heterocycles. The highest BCUT2D eigenvalue weighted by Gasteiger charge is 2.57. The molecule has 5 fully saturated rings. The molecule has 0 radical (unpaired) electrons. The van der Waals surface area contributed by atoms with Crippen molar-refractivity contribution >= 4 is 34.8 Å². The third kappa shape index (κ3) is 7.45. The number of aromatic nitrogens is 4. The number of amides is 4. The van der Waals surface area contributed by atoms with Gasteiger partial charge in [0.2, 0.25) is 11.8 Å². The molecule has 5 N–H and O–H groups in total. The molecule has 5 aromatic rings. The predicted octanol–water partition coefficient (Wildman–Crippen LogP) is 7.05. The van der Waals surface area contributed by atoms with Crippen molar-refractivity contribution in [2.45, 2.75) is 88.6 Å². The number of carbonyl (C=O) groups is 4. The van der Waals surface area contributed by atoms with Crippen molar-refractivity contribution < 1.29 is 33.8 Å². The maximum Gasteiger partial charge on any atom is 0.407 e. The number of alkyl carbamates (subject to hydrolysis) is 1. The first-order chi connectivity index (χ1) is 30.0. The highest BCUT2D eigenvalue weighted by Crippen LogP contribution is 2.54. The Morgan fingerprint density at radius 3 is 1.84 bits per heavy atom. The van der Waals surface area contributed by atoms with Crippen LogP contribution in [-0.2, 0) is 19.1 Å². The molecule has 5 aliphatic rings. The standard InChI is InChI=1S/C47H52N8O7/c1-24(2)40(53-47(60)61-3)44(56)54-36-18-32(36)20-38(54)42-48-22-34(50-42)26-6-4-25(5-7-26)28-8-9-30-17-31(11-10-29(30)16-28)35-23-49-43(51-35)39-21-33-19-37(33)55(39)45(57)41(52-46(58)59)27-12-14-62-15-13-27/h4-11,16-17,22-24,27,32-33,36-41,52H,12-15,18-21H2,1-3H3,(H,48,50)(H,49,51)(H,53,60)(H,58,59)/t32-,33-,36-,37-,38+,39+,40+,41+/m1/s1. The molecule has 3 aliphatic heterocycles. The zero-order chi connectivity index (χ0) is 42.8. The zero-order valence-corrected chi connectivity index (χ0v) is 35.0. The number of fused-ring (bicyclic) bond motifs is 3. The van der Waals surface area contributed by atoms with Crippen LogP contribution in [0.1, 0.15) is 76.1 Å². The van der Waals surface area contributed by atoms with Crippen molar-refractivity contribution in [3.8, 4) is 33.6 Å². The lowest BCUT2D eigenvalue weighted by molar-refractivity contribution is -0.138. The topological polar surface area (TPSA) is 195 Å². The number of benzene rings is 3. The van der Waals surface area contributed by atoms with Crippen molar-refractivity contribution in [1.82, 2.24) is 40.4 Å². The van der Waals surface area contributed by atoms with E-state index in [1.165, 1.54) is 7.11 Å². The van der Waals surface area contributed by atoms with E-state index >= 15 is 0 Å². The van der Waals surface area contributed by atoms with Gasteiger partial charge in [-0.1, -0.05) is 62.4 Å². The van der Waals surface area contributed by atoms with E-state index in [1.54, 1.807) is 0 Å². The van der Waals surface area contributed by atoms with Crippen LogP contribution < -0.4 is 10.6 Å². The van der Waals surface area contributed by atoms with Crippen molar-refractivity contribution in [2.24, 2.45) is 23.7 Å². The molecule has 8 atom stereocenters. The number of imidazole rings is 2. The quantitative estimate of drug-likeness (QED) is 0.0926. The summed E-state index contributed by atoms with van der Waals surface area (Å²) in [6.45, 7) is 4.89. The number of rotatable bonds is 11. The maximum atomic E-state index is 14.1. The van der Waals surface area contributed by atoms with Crippen molar-refractivity contribution in [3.05, 3.63) is 84.7 Å². The summed E-state index contributed by atoms with van der Waals surface area (Å²) in [5.74, 6) is 1.86. The van der Waals surface area contributed by atoms with Crippen LogP contribution in [0.25, 0.3) is 44.4 Å². The molecule has 3 aromatic carbocycles. The molecule has 4 amide bonds. The minimum absolute atomic E-state index is 0.101. The van der Waals surface area contributed by atoms with E-state index in [2.05, 4.69) is 81.3 Å². The van der Waals surface area contributed by atoms with E-state index < -0.39 is 24.3 Å². The fourth-order valence-corrected chi connectivity index (χ4v) is 10.3. The number of methoxy groups -OCH3 is 1. The van der Waals surface area contributed by atoms with E-state index in [-0.39, 0.29) is 47.8 Å². The average molecular weight is 841 g/mol. The first-order valence-corrected chi connectivity index (χ1v) is 21.9. The summed E-state index contributed by atoms with van der Waals surface area (Å²) >= 11 is 0. The Hall–Kier alpha value is -6.22. The van der Waals surface area contributed by atoms with Gasteiger partial charge < -0.3 is 45.0 Å². The Balaban J connectivity index is 0.820. The number of ether oxygens (including phenoxy) is 2. The van der Waals surface area contributed by atoms with Gasteiger partial charge in [0.1, 0.15) is 23.7 Å². The number of H-pyrrole nitrogens is 2. The lowest BCUT2D eigenvalue weighted by atomic mass is 9.90. The second-order valence-corrected chi connectivity index (χ2v) is 18.1. The molecule has 2 aliphatic carbocycles. The number of aromatic amines is 2. The Morgan fingerprint density at radius 1 is 0.726 bits per heavy atom. The Bertz CT molecular complexity index is 2530. The minimum Gasteiger partial charge on any atom is -0.465 e. The van der Waals surface area contributed by atoms with Gasteiger partial charge in [-0.3, -0.25) is 9.59 Å². The fraction of sp³-hybridized carbons (Fsp3) is 0.447. The van der Waals surface area contributed by atoms with E-state index in [0.717, 1.165) is 81.7 Å². The molecule has 62 heavy (non-hydrogen) atoms. The number of carbonyl (C=O) groups excluding carboxylic acids is 3. The third-order valence-electron chi connectivity index (χ3n) is 13.9. The molecule has 0 spiro atoms. The molecule has 0 unspecified atom stereocenters. The van der Waals surface area contributed by atoms with Gasteiger partial charge in [0.05, 0.1) is 30.6 Å². The number of likely N-dealkylation sites (tertiary alicyclic amines) is 2. The molecule has 322 valence electrons. The lowest BCUT2D eigenvalue weighted by Crippen LogP contribution is -2.53. The molecular formula is C47H52N8O7. The summed E-state index contributed by atoms with van der Waals surface area (Å²) in [4.78, 5) is 72.3. The van der Waals surface area contributed by atoms with Crippen molar-refractivity contribution in [1.29, 1.82) is 0 Å². The number of nitrogens with one attached hydrogen (secondary N) is 4.